The summed E-state index contributed by atoms with van der Waals surface area (Å²) in [5.74, 6) is -0.981. The summed E-state index contributed by atoms with van der Waals surface area (Å²) >= 11 is 0. The van der Waals surface area contributed by atoms with Crippen LogP contribution < -0.4 is 32.7 Å². The van der Waals surface area contributed by atoms with Crippen LogP contribution in [0.1, 0.15) is 45.1 Å². The molecule has 0 unspecified atom stereocenters. The van der Waals surface area contributed by atoms with E-state index in [0.29, 0.717) is 31.7 Å². The van der Waals surface area contributed by atoms with Crippen molar-refractivity contribution in [2.24, 2.45) is 17.4 Å². The molecule has 13 heteroatoms. The first-order valence-electron chi connectivity index (χ1n) is 13.8. The molecule has 1 aromatic carbocycles. The van der Waals surface area contributed by atoms with Crippen molar-refractivity contribution >= 4 is 29.6 Å². The molecular formula is C28H42N6O7. The van der Waals surface area contributed by atoms with E-state index in [2.05, 4.69) is 27.8 Å². The molecule has 2 aliphatic rings. The average molecular weight is 575 g/mol. The van der Waals surface area contributed by atoms with Crippen LogP contribution >= 0.6 is 0 Å². The summed E-state index contributed by atoms with van der Waals surface area (Å²) in [5, 5.41) is 10.7. The minimum Gasteiger partial charge on any atom is -0.445 e. The van der Waals surface area contributed by atoms with Gasteiger partial charge in [-0.3, -0.25) is 9.59 Å². The fourth-order valence-electron chi connectivity index (χ4n) is 4.47. The summed E-state index contributed by atoms with van der Waals surface area (Å²) in [5.41, 5.74) is 12.1. The zero-order valence-electron chi connectivity index (χ0n) is 23.6. The SMILES string of the molecule is C=C[C@@H]1C[C@]2(CO2)C[C@@H](CNC(=O)OCc2ccc(NC(=O)[C@H](CCCNC(N)=O)NC(=O)[C@@H](N)C(C)C)cc2)O1. The van der Waals surface area contributed by atoms with E-state index >= 15 is 0 Å². The number of epoxide rings is 1. The Balaban J connectivity index is 1.45. The topological polar surface area (TPSA) is 199 Å². The van der Waals surface area contributed by atoms with Crippen LogP contribution in [0.5, 0.6) is 0 Å². The Labute approximate surface area is 240 Å². The van der Waals surface area contributed by atoms with Crippen LogP contribution in [0.2, 0.25) is 0 Å². The molecule has 1 spiro atoms. The minimum atomic E-state index is -0.870. The van der Waals surface area contributed by atoms with E-state index in [4.69, 9.17) is 25.7 Å². The Hall–Kier alpha value is -3.68. The summed E-state index contributed by atoms with van der Waals surface area (Å²) in [6, 6.07) is 4.47. The molecular weight excluding hydrogens is 532 g/mol. The number of ether oxygens (including phenoxy) is 3. The lowest BCUT2D eigenvalue weighted by Crippen LogP contribution is -2.51. The fraction of sp³-hybridized carbons (Fsp3) is 0.571. The fourth-order valence-corrected chi connectivity index (χ4v) is 4.47. The van der Waals surface area contributed by atoms with E-state index in [1.54, 1.807) is 30.3 Å². The Bertz CT molecular complexity index is 1080. The van der Waals surface area contributed by atoms with Crippen LogP contribution in [0.15, 0.2) is 36.9 Å². The maximum absolute atomic E-state index is 13.0. The van der Waals surface area contributed by atoms with Crippen LogP contribution in [-0.2, 0) is 30.4 Å². The van der Waals surface area contributed by atoms with E-state index in [0.717, 1.165) is 12.0 Å². The van der Waals surface area contributed by atoms with Gasteiger partial charge in [0, 0.05) is 31.6 Å². The normalized spacial score (nSPS) is 22.7. The number of carbonyl (C=O) groups excluding carboxylic acids is 4. The molecule has 41 heavy (non-hydrogen) atoms. The molecule has 0 saturated carbocycles. The number of nitrogens with one attached hydrogen (secondary N) is 4. The Morgan fingerprint density at radius 3 is 2.46 bits per heavy atom. The van der Waals surface area contributed by atoms with Crippen LogP contribution in [0, 0.1) is 5.92 Å². The molecule has 2 fully saturated rings. The van der Waals surface area contributed by atoms with Crippen molar-refractivity contribution < 1.29 is 33.4 Å². The molecule has 5 atom stereocenters. The first kappa shape index (κ1) is 31.8. The summed E-state index contributed by atoms with van der Waals surface area (Å²) in [6.45, 7) is 8.71. The highest BCUT2D eigenvalue weighted by atomic mass is 16.6. The molecule has 0 radical (unpaired) electrons. The molecule has 0 bridgehead atoms. The van der Waals surface area contributed by atoms with Gasteiger partial charge in [0.15, 0.2) is 0 Å². The number of rotatable bonds is 14. The zero-order chi connectivity index (χ0) is 30.0. The van der Waals surface area contributed by atoms with Gasteiger partial charge in [-0.25, -0.2) is 9.59 Å². The van der Waals surface area contributed by atoms with Gasteiger partial charge in [0.25, 0.3) is 0 Å². The number of hydrogen-bond acceptors (Lipinski definition) is 8. The molecule has 8 N–H and O–H groups in total. The van der Waals surface area contributed by atoms with E-state index in [9.17, 15) is 19.2 Å². The molecule has 2 heterocycles. The number of amides is 5. The second-order valence-electron chi connectivity index (χ2n) is 10.8. The van der Waals surface area contributed by atoms with Gasteiger partial charge in [0.2, 0.25) is 11.8 Å². The molecule has 13 nitrogen and oxygen atoms in total. The maximum Gasteiger partial charge on any atom is 0.407 e. The van der Waals surface area contributed by atoms with Crippen LogP contribution in [0.25, 0.3) is 0 Å². The molecule has 226 valence electrons. The summed E-state index contributed by atoms with van der Waals surface area (Å²) in [6.07, 6.45) is 3.07. The number of benzene rings is 1. The molecule has 2 aliphatic heterocycles. The van der Waals surface area contributed by atoms with Gasteiger partial charge < -0.3 is 46.9 Å². The number of hydrogen-bond donors (Lipinski definition) is 6. The maximum atomic E-state index is 13.0. The first-order chi connectivity index (χ1) is 19.5. The number of nitrogens with two attached hydrogens (primary N) is 2. The van der Waals surface area contributed by atoms with Gasteiger partial charge in [-0.15, -0.1) is 6.58 Å². The molecule has 5 amide bonds. The largest absolute Gasteiger partial charge is 0.445 e. The predicted molar refractivity (Wildman–Crippen MR) is 152 cm³/mol. The van der Waals surface area contributed by atoms with Crippen molar-refractivity contribution in [1.29, 1.82) is 0 Å². The standard InChI is InChI=1S/C28H42N6O7/c1-4-20-12-28(16-40-28)13-21(41-20)14-32-27(38)39-15-18-7-9-19(10-8-18)33-24(35)22(6-5-11-31-26(30)37)34-25(36)23(29)17(2)3/h4,7-10,17,20-23H,1,5-6,11-16,29H2,2-3H3,(H,32,38)(H,33,35)(H,34,36)(H3,30,31,37)/t20-,21+,22+,23+,28-/m1/s1. The highest BCUT2D eigenvalue weighted by Gasteiger charge is 2.51. The number of anilines is 1. The lowest BCUT2D eigenvalue weighted by molar-refractivity contribution is -0.128. The molecule has 0 aromatic heterocycles. The molecule has 2 saturated heterocycles. The third kappa shape index (κ3) is 10.3. The van der Waals surface area contributed by atoms with Crippen molar-refractivity contribution in [3.8, 4) is 0 Å². The van der Waals surface area contributed by atoms with Crippen molar-refractivity contribution in [1.82, 2.24) is 16.0 Å². The van der Waals surface area contributed by atoms with Gasteiger partial charge >= 0.3 is 12.1 Å². The number of primary amides is 1. The van der Waals surface area contributed by atoms with Gasteiger partial charge in [-0.1, -0.05) is 32.1 Å². The molecule has 0 aliphatic carbocycles. The van der Waals surface area contributed by atoms with Crippen molar-refractivity contribution in [2.45, 2.75) is 76.0 Å². The van der Waals surface area contributed by atoms with Crippen molar-refractivity contribution in [2.75, 3.05) is 25.0 Å². The number of urea groups is 1. The van der Waals surface area contributed by atoms with E-state index < -0.39 is 36.0 Å². The third-order valence-electron chi connectivity index (χ3n) is 7.04. The van der Waals surface area contributed by atoms with Crippen molar-refractivity contribution in [3.05, 3.63) is 42.5 Å². The van der Waals surface area contributed by atoms with Gasteiger partial charge in [0.1, 0.15) is 12.6 Å². The van der Waals surface area contributed by atoms with E-state index in [-0.39, 0.29) is 43.3 Å². The smallest absolute Gasteiger partial charge is 0.407 e. The van der Waals surface area contributed by atoms with Crippen LogP contribution in [-0.4, -0.2) is 73.5 Å². The summed E-state index contributed by atoms with van der Waals surface area (Å²) in [4.78, 5) is 48.6. The Kier molecular flexibility index (Phi) is 11.5. The minimum absolute atomic E-state index is 0.0343. The first-order valence-corrected chi connectivity index (χ1v) is 13.8. The molecule has 1 aromatic rings. The van der Waals surface area contributed by atoms with Gasteiger partial charge in [-0.2, -0.15) is 0 Å². The average Bonchev–Trinajstić information content (AvgIpc) is 3.69. The third-order valence-corrected chi connectivity index (χ3v) is 7.04. The van der Waals surface area contributed by atoms with Gasteiger partial charge in [0.05, 0.1) is 30.5 Å². The predicted octanol–water partition coefficient (Wildman–Crippen LogP) is 1.27. The van der Waals surface area contributed by atoms with Crippen LogP contribution in [0.4, 0.5) is 15.3 Å². The highest BCUT2D eigenvalue weighted by molar-refractivity contribution is 5.97. The van der Waals surface area contributed by atoms with E-state index in [1.807, 2.05) is 13.8 Å². The highest BCUT2D eigenvalue weighted by Crippen LogP contribution is 2.42. The second-order valence-corrected chi connectivity index (χ2v) is 10.8. The quantitative estimate of drug-likeness (QED) is 0.108. The van der Waals surface area contributed by atoms with Crippen LogP contribution in [0.3, 0.4) is 0 Å². The molecule has 3 rings (SSSR count). The number of alkyl carbamates (subject to hydrolysis) is 1. The summed E-state index contributed by atoms with van der Waals surface area (Å²) in [7, 11) is 0. The lowest BCUT2D eigenvalue weighted by atomic mass is 9.92. The number of carbonyl (C=O) groups is 4. The Morgan fingerprint density at radius 1 is 1.15 bits per heavy atom. The monoisotopic (exact) mass is 574 g/mol. The Morgan fingerprint density at radius 2 is 1.85 bits per heavy atom. The van der Waals surface area contributed by atoms with E-state index in [1.165, 1.54) is 0 Å². The zero-order valence-corrected chi connectivity index (χ0v) is 23.6. The lowest BCUT2D eigenvalue weighted by Gasteiger charge is -2.32. The van der Waals surface area contributed by atoms with Gasteiger partial charge in [-0.05, 0) is 36.5 Å². The van der Waals surface area contributed by atoms with Crippen molar-refractivity contribution in [3.63, 3.8) is 0 Å². The summed E-state index contributed by atoms with van der Waals surface area (Å²) < 4.78 is 16.8. The second kappa shape index (κ2) is 14.8.